The first-order valence-electron chi connectivity index (χ1n) is 9.18. The number of carbonyl (C=O) groups excluding carboxylic acids is 2. The molecule has 0 unspecified atom stereocenters. The molecule has 3 rings (SSSR count). The van der Waals surface area contributed by atoms with Gasteiger partial charge in [-0.05, 0) is 30.7 Å². The lowest BCUT2D eigenvalue weighted by atomic mass is 10.2. The molecule has 162 valence electrons. The molecular formula is C21H20ClN3O5S. The van der Waals surface area contributed by atoms with Gasteiger partial charge >= 0.3 is 5.97 Å². The average molecular weight is 462 g/mol. The zero-order valence-electron chi connectivity index (χ0n) is 17.1. The summed E-state index contributed by atoms with van der Waals surface area (Å²) in [5.74, 6) is -0.618. The fourth-order valence-electron chi connectivity index (χ4n) is 2.83. The SMILES string of the molecule is COC(=O)CNC(=O)CSc1nc2ccccc2c(=O)n1-c1cc(C)c(Cl)cc1OC. The number of para-hydroxylation sites is 1. The van der Waals surface area contributed by atoms with E-state index in [0.717, 1.165) is 17.3 Å². The largest absolute Gasteiger partial charge is 0.495 e. The fraction of sp³-hybridized carbons (Fsp3) is 0.238. The topological polar surface area (TPSA) is 99.5 Å². The van der Waals surface area contributed by atoms with Crippen molar-refractivity contribution in [3.05, 3.63) is 57.3 Å². The van der Waals surface area contributed by atoms with Crippen molar-refractivity contribution >= 4 is 46.1 Å². The van der Waals surface area contributed by atoms with Crippen molar-refractivity contribution in [1.29, 1.82) is 0 Å². The van der Waals surface area contributed by atoms with Crippen LogP contribution in [0, 0.1) is 6.92 Å². The summed E-state index contributed by atoms with van der Waals surface area (Å²) in [6, 6.07) is 10.3. The van der Waals surface area contributed by atoms with Crippen LogP contribution >= 0.6 is 23.4 Å². The molecule has 0 radical (unpaired) electrons. The molecule has 0 fully saturated rings. The van der Waals surface area contributed by atoms with E-state index in [2.05, 4.69) is 15.0 Å². The standard InChI is InChI=1S/C21H20ClN3O5S/c1-12-8-16(17(29-2)9-14(12)22)25-20(28)13-6-4-5-7-15(13)24-21(25)31-11-18(26)23-10-19(27)30-3/h4-9H,10-11H2,1-3H3,(H,23,26). The molecule has 10 heteroatoms. The van der Waals surface area contributed by atoms with Gasteiger partial charge in [-0.25, -0.2) is 4.98 Å². The van der Waals surface area contributed by atoms with E-state index in [1.807, 2.05) is 6.92 Å². The number of esters is 1. The van der Waals surface area contributed by atoms with Crippen LogP contribution < -0.4 is 15.6 Å². The molecule has 0 aliphatic carbocycles. The van der Waals surface area contributed by atoms with E-state index < -0.39 is 11.9 Å². The number of thioether (sulfide) groups is 1. The lowest BCUT2D eigenvalue weighted by Crippen LogP contribution is -2.31. The van der Waals surface area contributed by atoms with Gasteiger partial charge in [-0.3, -0.25) is 19.0 Å². The third-order valence-electron chi connectivity index (χ3n) is 4.44. The molecule has 1 heterocycles. The number of aromatic nitrogens is 2. The van der Waals surface area contributed by atoms with Gasteiger partial charge in [0.2, 0.25) is 5.91 Å². The van der Waals surface area contributed by atoms with E-state index in [-0.39, 0.29) is 17.9 Å². The molecule has 0 saturated carbocycles. The minimum Gasteiger partial charge on any atom is -0.495 e. The minimum atomic E-state index is -0.555. The number of hydrogen-bond donors (Lipinski definition) is 1. The summed E-state index contributed by atoms with van der Waals surface area (Å²) in [4.78, 5) is 41.3. The van der Waals surface area contributed by atoms with Gasteiger partial charge in [0.05, 0.1) is 36.6 Å². The Bertz CT molecular complexity index is 1210. The van der Waals surface area contributed by atoms with Gasteiger partial charge in [0.1, 0.15) is 12.3 Å². The van der Waals surface area contributed by atoms with Crippen LogP contribution in [0.25, 0.3) is 16.6 Å². The van der Waals surface area contributed by atoms with Crippen LogP contribution in [0.3, 0.4) is 0 Å². The smallest absolute Gasteiger partial charge is 0.325 e. The molecule has 0 spiro atoms. The van der Waals surface area contributed by atoms with Crippen LogP contribution in [0.1, 0.15) is 5.56 Å². The van der Waals surface area contributed by atoms with Gasteiger partial charge in [0.25, 0.3) is 5.56 Å². The summed E-state index contributed by atoms with van der Waals surface area (Å²) in [5, 5.41) is 3.69. The summed E-state index contributed by atoms with van der Waals surface area (Å²) in [5.41, 5.74) is 1.42. The number of aryl methyl sites for hydroxylation is 1. The number of rotatable bonds is 7. The summed E-state index contributed by atoms with van der Waals surface area (Å²) in [7, 11) is 2.72. The van der Waals surface area contributed by atoms with E-state index >= 15 is 0 Å². The number of ether oxygens (including phenoxy) is 2. The second-order valence-electron chi connectivity index (χ2n) is 6.47. The molecule has 1 amide bonds. The number of amides is 1. The zero-order valence-corrected chi connectivity index (χ0v) is 18.7. The summed E-state index contributed by atoms with van der Waals surface area (Å²) in [6.45, 7) is 1.58. The van der Waals surface area contributed by atoms with E-state index in [0.29, 0.717) is 32.5 Å². The zero-order chi connectivity index (χ0) is 22.5. The number of methoxy groups -OCH3 is 2. The van der Waals surface area contributed by atoms with E-state index in [1.54, 1.807) is 36.4 Å². The Balaban J connectivity index is 2.07. The molecule has 0 aliphatic heterocycles. The molecule has 1 aromatic heterocycles. The first kappa shape index (κ1) is 22.6. The molecule has 0 atom stereocenters. The second-order valence-corrected chi connectivity index (χ2v) is 7.82. The Hall–Kier alpha value is -3.04. The van der Waals surface area contributed by atoms with Crippen LogP contribution in [-0.2, 0) is 14.3 Å². The first-order valence-corrected chi connectivity index (χ1v) is 10.5. The molecule has 3 aromatic rings. The maximum Gasteiger partial charge on any atom is 0.325 e. The Morgan fingerprint density at radius 1 is 1.23 bits per heavy atom. The third-order valence-corrected chi connectivity index (χ3v) is 5.78. The predicted molar refractivity (Wildman–Crippen MR) is 119 cm³/mol. The summed E-state index contributed by atoms with van der Waals surface area (Å²) < 4.78 is 11.4. The van der Waals surface area contributed by atoms with Crippen LogP contribution in [0.15, 0.2) is 46.3 Å². The van der Waals surface area contributed by atoms with E-state index in [9.17, 15) is 14.4 Å². The van der Waals surface area contributed by atoms with Crippen LogP contribution in [0.5, 0.6) is 5.75 Å². The molecule has 8 nitrogen and oxygen atoms in total. The normalized spacial score (nSPS) is 10.7. The van der Waals surface area contributed by atoms with Gasteiger partial charge in [-0.15, -0.1) is 0 Å². The van der Waals surface area contributed by atoms with Crippen LogP contribution in [0.4, 0.5) is 0 Å². The highest BCUT2D eigenvalue weighted by molar-refractivity contribution is 7.99. The molecular weight excluding hydrogens is 442 g/mol. The second kappa shape index (κ2) is 9.84. The van der Waals surface area contributed by atoms with Crippen molar-refractivity contribution < 1.29 is 19.1 Å². The Kier molecular flexibility index (Phi) is 7.19. The minimum absolute atomic E-state index is 0.0589. The monoisotopic (exact) mass is 461 g/mol. The fourth-order valence-corrected chi connectivity index (χ4v) is 3.82. The number of nitrogens with one attached hydrogen (secondary N) is 1. The van der Waals surface area contributed by atoms with Crippen molar-refractivity contribution in [3.8, 4) is 11.4 Å². The number of halogens is 1. The van der Waals surface area contributed by atoms with E-state index in [1.165, 1.54) is 18.8 Å². The molecule has 0 aliphatic rings. The van der Waals surface area contributed by atoms with Crippen molar-refractivity contribution in [2.24, 2.45) is 0 Å². The molecule has 2 aromatic carbocycles. The Labute approximate surface area is 187 Å². The number of benzene rings is 2. The van der Waals surface area contributed by atoms with Crippen LogP contribution in [0.2, 0.25) is 5.02 Å². The molecule has 31 heavy (non-hydrogen) atoms. The highest BCUT2D eigenvalue weighted by atomic mass is 35.5. The van der Waals surface area contributed by atoms with Gasteiger partial charge in [0, 0.05) is 11.1 Å². The Morgan fingerprint density at radius 2 is 1.97 bits per heavy atom. The van der Waals surface area contributed by atoms with Crippen molar-refractivity contribution in [1.82, 2.24) is 14.9 Å². The maximum absolute atomic E-state index is 13.4. The quantitative estimate of drug-likeness (QED) is 0.328. The number of fused-ring (bicyclic) bond motifs is 1. The third kappa shape index (κ3) is 5.00. The molecule has 0 saturated heterocycles. The number of nitrogens with zero attached hydrogens (tertiary/aromatic N) is 2. The van der Waals surface area contributed by atoms with Crippen molar-refractivity contribution in [2.45, 2.75) is 12.1 Å². The average Bonchev–Trinajstić information content (AvgIpc) is 2.77. The van der Waals surface area contributed by atoms with Gasteiger partial charge in [-0.1, -0.05) is 35.5 Å². The van der Waals surface area contributed by atoms with Gasteiger partial charge < -0.3 is 14.8 Å². The Morgan fingerprint density at radius 3 is 2.68 bits per heavy atom. The highest BCUT2D eigenvalue weighted by Gasteiger charge is 2.19. The van der Waals surface area contributed by atoms with Crippen molar-refractivity contribution in [3.63, 3.8) is 0 Å². The van der Waals surface area contributed by atoms with Crippen LogP contribution in [-0.4, -0.2) is 47.9 Å². The van der Waals surface area contributed by atoms with Gasteiger partial charge in [-0.2, -0.15) is 0 Å². The summed E-state index contributed by atoms with van der Waals surface area (Å²) >= 11 is 7.29. The first-order chi connectivity index (χ1) is 14.8. The van der Waals surface area contributed by atoms with Gasteiger partial charge in [0.15, 0.2) is 5.16 Å². The maximum atomic E-state index is 13.4. The number of carbonyl (C=O) groups is 2. The lowest BCUT2D eigenvalue weighted by molar-refractivity contribution is -0.140. The van der Waals surface area contributed by atoms with E-state index in [4.69, 9.17) is 16.3 Å². The molecule has 1 N–H and O–H groups in total. The highest BCUT2D eigenvalue weighted by Crippen LogP contribution is 2.31. The summed E-state index contributed by atoms with van der Waals surface area (Å²) in [6.07, 6.45) is 0. The molecule has 0 bridgehead atoms. The predicted octanol–water partition coefficient (Wildman–Crippen LogP) is 2.74. The lowest BCUT2D eigenvalue weighted by Gasteiger charge is -2.17. The van der Waals surface area contributed by atoms with Crippen molar-refractivity contribution in [2.75, 3.05) is 26.5 Å². The number of hydrogen-bond acceptors (Lipinski definition) is 7.